The zero-order chi connectivity index (χ0) is 10.8. The highest BCUT2D eigenvalue weighted by atomic mass is 16.5. The molecule has 0 spiro atoms. The van der Waals surface area contributed by atoms with Gasteiger partial charge < -0.3 is 9.30 Å². The molecule has 0 amide bonds. The number of hydrogen-bond donors (Lipinski definition) is 0. The Labute approximate surface area is 95.0 Å². The van der Waals surface area contributed by atoms with Crippen LogP contribution >= 0.6 is 0 Å². The highest BCUT2D eigenvalue weighted by Crippen LogP contribution is 2.18. The molecule has 2 heterocycles. The van der Waals surface area contributed by atoms with Gasteiger partial charge in [0, 0.05) is 13.2 Å². The van der Waals surface area contributed by atoms with E-state index in [1.165, 1.54) is 18.4 Å². The second-order valence-corrected chi connectivity index (χ2v) is 4.35. The summed E-state index contributed by atoms with van der Waals surface area (Å²) in [7, 11) is 0. The third-order valence-electron chi connectivity index (χ3n) is 3.24. The van der Waals surface area contributed by atoms with Gasteiger partial charge in [0.05, 0.1) is 23.5 Å². The van der Waals surface area contributed by atoms with Gasteiger partial charge in [-0.3, -0.25) is 0 Å². The normalized spacial score (nSPS) is 20.6. The topological polar surface area (TPSA) is 27.1 Å². The number of benzene rings is 1. The minimum absolute atomic E-state index is 0.459. The molecule has 3 nitrogen and oxygen atoms in total. The second-order valence-electron chi connectivity index (χ2n) is 4.35. The number of ether oxygens (including phenoxy) is 1. The summed E-state index contributed by atoms with van der Waals surface area (Å²) in [6.45, 7) is 1.94. The van der Waals surface area contributed by atoms with Gasteiger partial charge in [-0.05, 0) is 31.4 Å². The second kappa shape index (κ2) is 4.26. The van der Waals surface area contributed by atoms with E-state index < -0.39 is 0 Å². The van der Waals surface area contributed by atoms with E-state index in [0.717, 1.165) is 25.1 Å². The van der Waals surface area contributed by atoms with Crippen molar-refractivity contribution in [3.05, 3.63) is 30.6 Å². The van der Waals surface area contributed by atoms with Gasteiger partial charge in [0.1, 0.15) is 0 Å². The first-order valence-corrected chi connectivity index (χ1v) is 5.95. The van der Waals surface area contributed by atoms with E-state index in [0.29, 0.717) is 6.10 Å². The van der Waals surface area contributed by atoms with Crippen molar-refractivity contribution < 1.29 is 4.74 Å². The van der Waals surface area contributed by atoms with Crippen LogP contribution in [0.2, 0.25) is 0 Å². The molecule has 0 radical (unpaired) electrons. The lowest BCUT2D eigenvalue weighted by Crippen LogP contribution is -2.09. The summed E-state index contributed by atoms with van der Waals surface area (Å²) >= 11 is 0. The summed E-state index contributed by atoms with van der Waals surface area (Å²) in [6, 6.07) is 8.27. The van der Waals surface area contributed by atoms with Crippen LogP contribution in [0.4, 0.5) is 0 Å². The van der Waals surface area contributed by atoms with Gasteiger partial charge in [-0.1, -0.05) is 12.1 Å². The Bertz CT molecular complexity index is 471. The maximum atomic E-state index is 5.63. The smallest absolute Gasteiger partial charge is 0.0958 e. The fourth-order valence-electron chi connectivity index (χ4n) is 2.34. The van der Waals surface area contributed by atoms with Gasteiger partial charge in [0.25, 0.3) is 0 Å². The lowest BCUT2D eigenvalue weighted by Gasteiger charge is -2.09. The number of aryl methyl sites for hydroxylation is 1. The van der Waals surface area contributed by atoms with Crippen molar-refractivity contribution in [3.8, 4) is 0 Å². The number of para-hydroxylation sites is 2. The average molecular weight is 216 g/mol. The van der Waals surface area contributed by atoms with Crippen LogP contribution in [-0.4, -0.2) is 22.3 Å². The Kier molecular flexibility index (Phi) is 2.62. The van der Waals surface area contributed by atoms with Crippen molar-refractivity contribution >= 4 is 11.0 Å². The Balaban J connectivity index is 1.73. The molecule has 1 saturated heterocycles. The van der Waals surface area contributed by atoms with Crippen molar-refractivity contribution in [1.29, 1.82) is 0 Å². The summed E-state index contributed by atoms with van der Waals surface area (Å²) in [5.41, 5.74) is 2.30. The molecule has 1 aromatic carbocycles. The van der Waals surface area contributed by atoms with Crippen LogP contribution in [0, 0.1) is 0 Å². The molecule has 0 aliphatic carbocycles. The molecule has 1 fully saturated rings. The summed E-state index contributed by atoms with van der Waals surface area (Å²) in [4.78, 5) is 4.39. The van der Waals surface area contributed by atoms with Gasteiger partial charge in [-0.2, -0.15) is 0 Å². The first kappa shape index (κ1) is 9.85. The number of imidazole rings is 1. The fraction of sp³-hybridized carbons (Fsp3) is 0.462. The predicted molar refractivity (Wildman–Crippen MR) is 63.3 cm³/mol. The Morgan fingerprint density at radius 1 is 1.38 bits per heavy atom. The highest BCUT2D eigenvalue weighted by Gasteiger charge is 2.15. The SMILES string of the molecule is c1ccc2c(c1)ncn2CCC1CCCO1. The Hall–Kier alpha value is -1.35. The molecule has 2 aromatic rings. The number of rotatable bonds is 3. The van der Waals surface area contributed by atoms with E-state index in [1.54, 1.807) is 0 Å². The molecule has 0 bridgehead atoms. The largest absolute Gasteiger partial charge is 0.378 e. The lowest BCUT2D eigenvalue weighted by molar-refractivity contribution is 0.101. The van der Waals surface area contributed by atoms with Crippen LogP contribution in [0.1, 0.15) is 19.3 Å². The van der Waals surface area contributed by atoms with Crippen molar-refractivity contribution in [3.63, 3.8) is 0 Å². The van der Waals surface area contributed by atoms with Crippen LogP contribution in [-0.2, 0) is 11.3 Å². The van der Waals surface area contributed by atoms with Crippen LogP contribution in [0.25, 0.3) is 11.0 Å². The number of hydrogen-bond acceptors (Lipinski definition) is 2. The van der Waals surface area contributed by atoms with E-state index in [-0.39, 0.29) is 0 Å². The predicted octanol–water partition coefficient (Wildman–Crippen LogP) is 2.61. The third-order valence-corrected chi connectivity index (χ3v) is 3.24. The summed E-state index contributed by atoms with van der Waals surface area (Å²) in [5, 5.41) is 0. The molecule has 16 heavy (non-hydrogen) atoms. The zero-order valence-electron chi connectivity index (χ0n) is 9.30. The van der Waals surface area contributed by atoms with Gasteiger partial charge in [-0.15, -0.1) is 0 Å². The quantitative estimate of drug-likeness (QED) is 0.788. The maximum absolute atomic E-state index is 5.63. The fourth-order valence-corrected chi connectivity index (χ4v) is 2.34. The lowest BCUT2D eigenvalue weighted by atomic mass is 10.2. The molecule has 3 rings (SSSR count). The van der Waals surface area contributed by atoms with Crippen LogP contribution in [0.3, 0.4) is 0 Å². The minimum Gasteiger partial charge on any atom is -0.378 e. The maximum Gasteiger partial charge on any atom is 0.0958 e. The van der Waals surface area contributed by atoms with Gasteiger partial charge in [0.2, 0.25) is 0 Å². The number of nitrogens with zero attached hydrogens (tertiary/aromatic N) is 2. The molecule has 1 atom stereocenters. The van der Waals surface area contributed by atoms with Crippen LogP contribution in [0.5, 0.6) is 0 Å². The van der Waals surface area contributed by atoms with Crippen molar-refractivity contribution in [1.82, 2.24) is 9.55 Å². The Morgan fingerprint density at radius 2 is 2.31 bits per heavy atom. The molecule has 84 valence electrons. The summed E-state index contributed by atoms with van der Waals surface area (Å²) in [6.07, 6.45) is 5.92. The number of aromatic nitrogens is 2. The molecule has 3 heteroatoms. The zero-order valence-corrected chi connectivity index (χ0v) is 9.30. The molecular formula is C13H16N2O. The first-order chi connectivity index (χ1) is 7.93. The number of fused-ring (bicyclic) bond motifs is 1. The van der Waals surface area contributed by atoms with E-state index in [9.17, 15) is 0 Å². The molecule has 0 N–H and O–H groups in total. The van der Waals surface area contributed by atoms with Gasteiger partial charge >= 0.3 is 0 Å². The monoisotopic (exact) mass is 216 g/mol. The first-order valence-electron chi connectivity index (χ1n) is 5.95. The molecule has 0 saturated carbocycles. The molecule has 1 aliphatic rings. The van der Waals surface area contributed by atoms with E-state index in [4.69, 9.17) is 4.74 Å². The van der Waals surface area contributed by atoms with Crippen LogP contribution in [0.15, 0.2) is 30.6 Å². The van der Waals surface area contributed by atoms with Gasteiger partial charge in [-0.25, -0.2) is 4.98 Å². The molecule has 1 aliphatic heterocycles. The highest BCUT2D eigenvalue weighted by molar-refractivity contribution is 5.74. The van der Waals surface area contributed by atoms with Crippen LogP contribution < -0.4 is 0 Å². The van der Waals surface area contributed by atoms with E-state index in [2.05, 4.69) is 27.8 Å². The van der Waals surface area contributed by atoms with E-state index >= 15 is 0 Å². The van der Waals surface area contributed by atoms with Crippen molar-refractivity contribution in [2.24, 2.45) is 0 Å². The Morgan fingerprint density at radius 3 is 3.19 bits per heavy atom. The molecule has 1 unspecified atom stereocenters. The van der Waals surface area contributed by atoms with Crippen molar-refractivity contribution in [2.75, 3.05) is 6.61 Å². The standard InChI is InChI=1S/C13H16N2O/c1-2-6-13-12(5-1)14-10-15(13)8-7-11-4-3-9-16-11/h1-2,5-6,10-11H,3-4,7-9H2. The van der Waals surface area contributed by atoms with E-state index in [1.807, 2.05) is 12.4 Å². The minimum atomic E-state index is 0.459. The summed E-state index contributed by atoms with van der Waals surface area (Å²) < 4.78 is 7.85. The third kappa shape index (κ3) is 1.83. The molecular weight excluding hydrogens is 200 g/mol. The summed E-state index contributed by atoms with van der Waals surface area (Å²) in [5.74, 6) is 0. The average Bonchev–Trinajstić information content (AvgIpc) is 2.96. The van der Waals surface area contributed by atoms with Gasteiger partial charge in [0.15, 0.2) is 0 Å². The van der Waals surface area contributed by atoms with Crippen molar-refractivity contribution in [2.45, 2.75) is 31.9 Å². The molecule has 1 aromatic heterocycles.